The third-order valence-electron chi connectivity index (χ3n) is 2.69. The summed E-state index contributed by atoms with van der Waals surface area (Å²) in [6, 6.07) is 0. The van der Waals surface area contributed by atoms with Crippen molar-refractivity contribution < 1.29 is 4.79 Å². The maximum Gasteiger partial charge on any atom is 0.222 e. The number of amides is 1. The Morgan fingerprint density at radius 3 is 2.29 bits per heavy atom. The molecule has 0 saturated carbocycles. The first-order valence-electron chi connectivity index (χ1n) is 6.50. The standard InChI is InChI=1S/C15H27NO/c1-6-8-15(17)16(5)12-11-14(4)10-7-9-13(2)3/h9,11H,6-8,10,12H2,1-5H3/b14-11-. The van der Waals surface area contributed by atoms with Crippen LogP contribution in [0.5, 0.6) is 0 Å². The minimum atomic E-state index is 0.237. The number of carbonyl (C=O) groups excluding carboxylic acids is 1. The highest BCUT2D eigenvalue weighted by Gasteiger charge is 2.04. The van der Waals surface area contributed by atoms with Crippen LogP contribution in [0, 0.1) is 0 Å². The second kappa shape index (κ2) is 9.03. The molecule has 0 spiro atoms. The maximum atomic E-state index is 11.5. The van der Waals surface area contributed by atoms with E-state index < -0.39 is 0 Å². The van der Waals surface area contributed by atoms with E-state index in [-0.39, 0.29) is 5.91 Å². The van der Waals surface area contributed by atoms with Crippen LogP contribution < -0.4 is 0 Å². The Bertz CT molecular complexity index is 285. The van der Waals surface area contributed by atoms with Gasteiger partial charge in [0.2, 0.25) is 5.91 Å². The van der Waals surface area contributed by atoms with Gasteiger partial charge < -0.3 is 4.90 Å². The van der Waals surface area contributed by atoms with Crippen LogP contribution in [0.2, 0.25) is 0 Å². The quantitative estimate of drug-likeness (QED) is 0.614. The van der Waals surface area contributed by atoms with Crippen molar-refractivity contribution in [1.29, 1.82) is 0 Å². The zero-order valence-electron chi connectivity index (χ0n) is 12.0. The number of nitrogens with zero attached hydrogens (tertiary/aromatic N) is 1. The molecule has 0 rings (SSSR count). The third kappa shape index (κ3) is 8.73. The van der Waals surface area contributed by atoms with Gasteiger partial charge in [-0.2, -0.15) is 0 Å². The fourth-order valence-electron chi connectivity index (χ4n) is 1.49. The summed E-state index contributed by atoms with van der Waals surface area (Å²) in [6.07, 6.45) is 8.17. The van der Waals surface area contributed by atoms with Crippen LogP contribution in [0.3, 0.4) is 0 Å². The molecule has 0 bridgehead atoms. The molecule has 0 N–H and O–H groups in total. The molecule has 0 aromatic heterocycles. The van der Waals surface area contributed by atoms with Crippen molar-refractivity contribution in [2.24, 2.45) is 0 Å². The fourth-order valence-corrected chi connectivity index (χ4v) is 1.49. The van der Waals surface area contributed by atoms with E-state index in [1.165, 1.54) is 11.1 Å². The lowest BCUT2D eigenvalue weighted by atomic mass is 10.1. The van der Waals surface area contributed by atoms with Gasteiger partial charge in [-0.1, -0.05) is 30.2 Å². The van der Waals surface area contributed by atoms with E-state index in [9.17, 15) is 4.79 Å². The highest BCUT2D eigenvalue weighted by atomic mass is 16.2. The predicted octanol–water partition coefficient (Wildman–Crippen LogP) is 3.94. The van der Waals surface area contributed by atoms with Crippen LogP contribution in [-0.2, 0) is 4.79 Å². The average molecular weight is 237 g/mol. The summed E-state index contributed by atoms with van der Waals surface area (Å²) in [5, 5.41) is 0. The van der Waals surface area contributed by atoms with Gasteiger partial charge in [-0.15, -0.1) is 0 Å². The molecule has 0 aliphatic heterocycles. The zero-order chi connectivity index (χ0) is 13.3. The van der Waals surface area contributed by atoms with Crippen molar-refractivity contribution in [3.63, 3.8) is 0 Å². The number of carbonyl (C=O) groups is 1. The van der Waals surface area contributed by atoms with Crippen molar-refractivity contribution in [3.05, 3.63) is 23.3 Å². The summed E-state index contributed by atoms with van der Waals surface area (Å²) in [4.78, 5) is 13.3. The summed E-state index contributed by atoms with van der Waals surface area (Å²) in [7, 11) is 1.87. The molecule has 0 heterocycles. The first-order valence-corrected chi connectivity index (χ1v) is 6.50. The SMILES string of the molecule is CCCC(=O)N(C)C/C=C(/C)CCC=C(C)C. The molecule has 1 amide bonds. The number of rotatable bonds is 7. The van der Waals surface area contributed by atoms with Crippen LogP contribution in [0.1, 0.15) is 53.4 Å². The molecular weight excluding hydrogens is 210 g/mol. The number of hydrogen-bond acceptors (Lipinski definition) is 1. The first kappa shape index (κ1) is 16.0. The lowest BCUT2D eigenvalue weighted by Gasteiger charge is -2.14. The molecule has 0 aliphatic carbocycles. The predicted molar refractivity (Wildman–Crippen MR) is 75.0 cm³/mol. The smallest absolute Gasteiger partial charge is 0.222 e. The Balaban J connectivity index is 3.97. The topological polar surface area (TPSA) is 20.3 Å². The summed E-state index contributed by atoms with van der Waals surface area (Å²) in [5.74, 6) is 0.237. The number of hydrogen-bond donors (Lipinski definition) is 0. The highest BCUT2D eigenvalue weighted by Crippen LogP contribution is 2.07. The van der Waals surface area contributed by atoms with Gasteiger partial charge in [0.25, 0.3) is 0 Å². The summed E-state index contributed by atoms with van der Waals surface area (Å²) >= 11 is 0. The van der Waals surface area contributed by atoms with E-state index in [1.807, 2.05) is 14.0 Å². The molecule has 17 heavy (non-hydrogen) atoms. The van der Waals surface area contributed by atoms with Gasteiger partial charge in [0.1, 0.15) is 0 Å². The lowest BCUT2D eigenvalue weighted by molar-refractivity contribution is -0.129. The Morgan fingerprint density at radius 2 is 1.76 bits per heavy atom. The summed E-state index contributed by atoms with van der Waals surface area (Å²) < 4.78 is 0. The Kier molecular flexibility index (Phi) is 8.47. The van der Waals surface area contributed by atoms with Crippen molar-refractivity contribution in [2.75, 3.05) is 13.6 Å². The molecule has 0 fully saturated rings. The van der Waals surface area contributed by atoms with Gasteiger partial charge in [-0.05, 0) is 40.0 Å². The molecule has 98 valence electrons. The van der Waals surface area contributed by atoms with Crippen molar-refractivity contribution >= 4 is 5.91 Å². The Labute approximate surface area is 106 Å². The van der Waals surface area contributed by atoms with Gasteiger partial charge in [-0.3, -0.25) is 4.79 Å². The van der Waals surface area contributed by atoms with E-state index in [0.29, 0.717) is 6.42 Å². The van der Waals surface area contributed by atoms with E-state index >= 15 is 0 Å². The first-order chi connectivity index (χ1) is 7.97. The second-order valence-corrected chi connectivity index (χ2v) is 4.89. The largest absolute Gasteiger partial charge is 0.342 e. The molecule has 0 atom stereocenters. The van der Waals surface area contributed by atoms with Crippen LogP contribution in [0.4, 0.5) is 0 Å². The van der Waals surface area contributed by atoms with Crippen LogP contribution in [0.25, 0.3) is 0 Å². The number of likely N-dealkylation sites (N-methyl/N-ethyl adjacent to an activating group) is 1. The molecular formula is C15H27NO. The van der Waals surface area contributed by atoms with Crippen LogP contribution >= 0.6 is 0 Å². The summed E-state index contributed by atoms with van der Waals surface area (Å²) in [5.41, 5.74) is 2.73. The average Bonchev–Trinajstić information content (AvgIpc) is 2.25. The maximum absolute atomic E-state index is 11.5. The molecule has 0 aromatic carbocycles. The minimum Gasteiger partial charge on any atom is -0.342 e. The molecule has 0 saturated heterocycles. The van der Waals surface area contributed by atoms with E-state index in [1.54, 1.807) is 4.90 Å². The van der Waals surface area contributed by atoms with Gasteiger partial charge in [0.05, 0.1) is 0 Å². The number of allylic oxidation sites excluding steroid dienone is 3. The molecule has 0 unspecified atom stereocenters. The Morgan fingerprint density at radius 1 is 1.12 bits per heavy atom. The minimum absolute atomic E-state index is 0.237. The molecule has 2 heteroatoms. The third-order valence-corrected chi connectivity index (χ3v) is 2.69. The zero-order valence-corrected chi connectivity index (χ0v) is 12.0. The van der Waals surface area contributed by atoms with E-state index in [0.717, 1.165) is 25.8 Å². The normalized spacial score (nSPS) is 11.2. The monoisotopic (exact) mass is 237 g/mol. The fraction of sp³-hybridized carbons (Fsp3) is 0.667. The van der Waals surface area contributed by atoms with Crippen molar-refractivity contribution in [3.8, 4) is 0 Å². The van der Waals surface area contributed by atoms with Crippen LogP contribution in [0.15, 0.2) is 23.3 Å². The molecule has 0 aliphatic rings. The van der Waals surface area contributed by atoms with Gasteiger partial charge >= 0.3 is 0 Å². The molecule has 0 aromatic rings. The van der Waals surface area contributed by atoms with Crippen LogP contribution in [-0.4, -0.2) is 24.4 Å². The van der Waals surface area contributed by atoms with Crippen molar-refractivity contribution in [2.45, 2.75) is 53.4 Å². The molecule has 0 radical (unpaired) electrons. The molecule has 2 nitrogen and oxygen atoms in total. The van der Waals surface area contributed by atoms with E-state index in [2.05, 4.69) is 32.9 Å². The van der Waals surface area contributed by atoms with Gasteiger partial charge in [0, 0.05) is 20.0 Å². The van der Waals surface area contributed by atoms with Crippen molar-refractivity contribution in [1.82, 2.24) is 4.90 Å². The van der Waals surface area contributed by atoms with Gasteiger partial charge in [-0.25, -0.2) is 0 Å². The van der Waals surface area contributed by atoms with E-state index in [4.69, 9.17) is 0 Å². The highest BCUT2D eigenvalue weighted by molar-refractivity contribution is 5.75. The lowest BCUT2D eigenvalue weighted by Crippen LogP contribution is -2.26. The Hall–Kier alpha value is -1.05. The summed E-state index contributed by atoms with van der Waals surface area (Å²) in [6.45, 7) is 9.15. The van der Waals surface area contributed by atoms with Gasteiger partial charge in [0.15, 0.2) is 0 Å². The second-order valence-electron chi connectivity index (χ2n) is 4.89.